The van der Waals surface area contributed by atoms with Gasteiger partial charge in [-0.25, -0.2) is 0 Å². The second-order valence-electron chi connectivity index (χ2n) is 4.96. The largest absolute Gasteiger partial charge is 0.398 e. The highest BCUT2D eigenvalue weighted by Gasteiger charge is 2.33. The first-order valence-corrected chi connectivity index (χ1v) is 6.85. The molecule has 2 nitrogen and oxygen atoms in total. The summed E-state index contributed by atoms with van der Waals surface area (Å²) in [5, 5.41) is 0. The molecule has 0 aromatic heterocycles. The molecule has 0 heterocycles. The third kappa shape index (κ3) is 2.19. The number of hydrogen-bond donors (Lipinski definition) is 2. The molecule has 0 amide bonds. The van der Waals surface area contributed by atoms with Gasteiger partial charge in [0.1, 0.15) is 0 Å². The quantitative estimate of drug-likeness (QED) is 0.811. The number of nitrogen functional groups attached to an aromatic ring is 2. The number of rotatable bonds is 4. The van der Waals surface area contributed by atoms with E-state index in [0.29, 0.717) is 0 Å². The van der Waals surface area contributed by atoms with Crippen LogP contribution in [0.2, 0.25) is 0 Å². The molecule has 0 radical (unpaired) electrons. The van der Waals surface area contributed by atoms with Crippen molar-refractivity contribution in [3.63, 3.8) is 0 Å². The van der Waals surface area contributed by atoms with Crippen LogP contribution in [-0.2, 0) is 5.41 Å². The molecule has 2 heteroatoms. The van der Waals surface area contributed by atoms with Crippen molar-refractivity contribution in [2.75, 3.05) is 11.5 Å². The average Bonchev–Trinajstić information content (AvgIpc) is 2.44. The van der Waals surface area contributed by atoms with Gasteiger partial charge >= 0.3 is 0 Å². The van der Waals surface area contributed by atoms with Gasteiger partial charge in [0.2, 0.25) is 0 Å². The van der Waals surface area contributed by atoms with Gasteiger partial charge in [0.25, 0.3) is 0 Å². The van der Waals surface area contributed by atoms with Crippen molar-refractivity contribution in [3.8, 4) is 0 Å². The molecule has 0 aliphatic rings. The number of para-hydroxylation sites is 2. The molecule has 2 aromatic rings. The second-order valence-corrected chi connectivity index (χ2v) is 4.96. The Balaban J connectivity index is 2.69. The average molecular weight is 254 g/mol. The van der Waals surface area contributed by atoms with Crippen LogP contribution in [0, 0.1) is 0 Å². The molecular weight excluding hydrogens is 232 g/mol. The van der Waals surface area contributed by atoms with Crippen LogP contribution in [0.15, 0.2) is 48.5 Å². The Labute approximate surface area is 115 Å². The molecule has 0 bridgehead atoms. The van der Waals surface area contributed by atoms with Crippen molar-refractivity contribution in [1.82, 2.24) is 0 Å². The summed E-state index contributed by atoms with van der Waals surface area (Å²) in [5.41, 5.74) is 16.3. The van der Waals surface area contributed by atoms with E-state index in [9.17, 15) is 0 Å². The third-order valence-corrected chi connectivity index (χ3v) is 4.16. The Bertz CT molecular complexity index is 509. The van der Waals surface area contributed by atoms with Gasteiger partial charge in [0.15, 0.2) is 0 Å². The van der Waals surface area contributed by atoms with E-state index >= 15 is 0 Å². The summed E-state index contributed by atoms with van der Waals surface area (Å²) in [6.07, 6.45) is 1.96. The van der Waals surface area contributed by atoms with Crippen LogP contribution in [0.3, 0.4) is 0 Å². The first kappa shape index (κ1) is 13.5. The normalized spacial score (nSPS) is 11.5. The van der Waals surface area contributed by atoms with Crippen molar-refractivity contribution in [2.24, 2.45) is 0 Å². The van der Waals surface area contributed by atoms with Gasteiger partial charge in [-0.1, -0.05) is 50.2 Å². The van der Waals surface area contributed by atoms with E-state index in [1.54, 1.807) is 0 Å². The Hall–Kier alpha value is -1.96. The van der Waals surface area contributed by atoms with Gasteiger partial charge in [-0.15, -0.1) is 0 Å². The molecule has 0 atom stereocenters. The van der Waals surface area contributed by atoms with E-state index in [1.165, 1.54) is 11.1 Å². The number of benzene rings is 2. The van der Waals surface area contributed by atoms with Crippen molar-refractivity contribution in [3.05, 3.63) is 59.7 Å². The maximum Gasteiger partial charge on any atom is 0.0355 e. The highest BCUT2D eigenvalue weighted by atomic mass is 14.6. The zero-order valence-corrected chi connectivity index (χ0v) is 11.7. The van der Waals surface area contributed by atoms with E-state index in [2.05, 4.69) is 26.0 Å². The fourth-order valence-corrected chi connectivity index (χ4v) is 3.02. The topological polar surface area (TPSA) is 52.0 Å². The van der Waals surface area contributed by atoms with Gasteiger partial charge in [0.05, 0.1) is 0 Å². The lowest BCUT2D eigenvalue weighted by Gasteiger charge is -2.35. The lowest BCUT2D eigenvalue weighted by Crippen LogP contribution is -2.28. The summed E-state index contributed by atoms with van der Waals surface area (Å²) >= 11 is 0. The van der Waals surface area contributed by atoms with Crippen LogP contribution >= 0.6 is 0 Å². The van der Waals surface area contributed by atoms with Gasteiger partial charge in [-0.05, 0) is 36.1 Å². The Morgan fingerprint density at radius 2 is 1.11 bits per heavy atom. The zero-order chi connectivity index (χ0) is 13.9. The second kappa shape index (κ2) is 5.35. The lowest BCUT2D eigenvalue weighted by molar-refractivity contribution is 0.481. The van der Waals surface area contributed by atoms with Crippen LogP contribution in [0.5, 0.6) is 0 Å². The molecule has 19 heavy (non-hydrogen) atoms. The smallest absolute Gasteiger partial charge is 0.0355 e. The predicted molar refractivity (Wildman–Crippen MR) is 83.1 cm³/mol. The molecule has 4 N–H and O–H groups in total. The van der Waals surface area contributed by atoms with Crippen LogP contribution < -0.4 is 11.5 Å². The number of anilines is 2. The summed E-state index contributed by atoms with van der Waals surface area (Å²) in [6.45, 7) is 4.39. The summed E-state index contributed by atoms with van der Waals surface area (Å²) in [6, 6.07) is 16.2. The van der Waals surface area contributed by atoms with Crippen LogP contribution in [0.4, 0.5) is 11.4 Å². The van der Waals surface area contributed by atoms with Crippen LogP contribution in [-0.4, -0.2) is 0 Å². The van der Waals surface area contributed by atoms with E-state index < -0.39 is 0 Å². The molecule has 0 saturated carbocycles. The maximum atomic E-state index is 6.20. The summed E-state index contributed by atoms with van der Waals surface area (Å²) in [5.74, 6) is 0. The predicted octanol–water partition coefficient (Wildman–Crippen LogP) is 3.96. The van der Waals surface area contributed by atoms with Gasteiger partial charge in [-0.3, -0.25) is 0 Å². The number of hydrogen-bond acceptors (Lipinski definition) is 2. The highest BCUT2D eigenvalue weighted by molar-refractivity contribution is 5.61. The first-order valence-electron chi connectivity index (χ1n) is 6.85. The summed E-state index contributed by atoms with van der Waals surface area (Å²) in [4.78, 5) is 0. The Morgan fingerprint density at radius 1 is 0.737 bits per heavy atom. The van der Waals surface area contributed by atoms with Crippen molar-refractivity contribution in [2.45, 2.75) is 32.1 Å². The van der Waals surface area contributed by atoms with E-state index in [-0.39, 0.29) is 5.41 Å². The van der Waals surface area contributed by atoms with Crippen molar-refractivity contribution in [1.29, 1.82) is 0 Å². The number of nitrogens with two attached hydrogens (primary N) is 2. The molecular formula is C17H22N2. The lowest BCUT2D eigenvalue weighted by atomic mass is 9.69. The molecule has 0 aliphatic carbocycles. The fourth-order valence-electron chi connectivity index (χ4n) is 3.02. The molecule has 0 spiro atoms. The SMILES string of the molecule is CCC(CC)(c1ccccc1N)c1ccccc1N. The van der Waals surface area contributed by atoms with Gasteiger partial charge in [-0.2, -0.15) is 0 Å². The summed E-state index contributed by atoms with van der Waals surface area (Å²) < 4.78 is 0. The van der Waals surface area contributed by atoms with Gasteiger partial charge < -0.3 is 11.5 Å². The van der Waals surface area contributed by atoms with Crippen LogP contribution in [0.1, 0.15) is 37.8 Å². The Morgan fingerprint density at radius 3 is 1.42 bits per heavy atom. The molecule has 2 rings (SSSR count). The minimum Gasteiger partial charge on any atom is -0.398 e. The first-order chi connectivity index (χ1) is 9.15. The molecule has 100 valence electrons. The minimum atomic E-state index is -0.101. The Kier molecular flexibility index (Phi) is 3.79. The van der Waals surface area contributed by atoms with Crippen molar-refractivity contribution >= 4 is 11.4 Å². The third-order valence-electron chi connectivity index (χ3n) is 4.16. The molecule has 0 fully saturated rings. The zero-order valence-electron chi connectivity index (χ0n) is 11.7. The van der Waals surface area contributed by atoms with Gasteiger partial charge in [0, 0.05) is 16.8 Å². The molecule has 0 aliphatic heterocycles. The monoisotopic (exact) mass is 254 g/mol. The standard InChI is InChI=1S/C17H22N2/c1-3-17(4-2,13-9-5-7-11-15(13)18)14-10-6-8-12-16(14)19/h5-12H,3-4,18-19H2,1-2H3. The minimum absolute atomic E-state index is 0.101. The fraction of sp³-hybridized carbons (Fsp3) is 0.294. The van der Waals surface area contributed by atoms with Crippen molar-refractivity contribution < 1.29 is 0 Å². The maximum absolute atomic E-state index is 6.20. The van der Waals surface area contributed by atoms with Crippen LogP contribution in [0.25, 0.3) is 0 Å². The molecule has 0 unspecified atom stereocenters. The summed E-state index contributed by atoms with van der Waals surface area (Å²) in [7, 11) is 0. The highest BCUT2D eigenvalue weighted by Crippen LogP contribution is 2.43. The van der Waals surface area contributed by atoms with E-state index in [0.717, 1.165) is 24.2 Å². The molecule has 2 aromatic carbocycles. The van der Waals surface area contributed by atoms with E-state index in [1.807, 2.05) is 36.4 Å². The molecule has 0 saturated heterocycles. The van der Waals surface area contributed by atoms with E-state index in [4.69, 9.17) is 11.5 Å².